The third-order valence-electron chi connectivity index (χ3n) is 4.11. The van der Waals surface area contributed by atoms with Crippen molar-refractivity contribution in [2.45, 2.75) is 31.6 Å². The number of rotatable bonds is 1. The SMILES string of the molecule is [CH2]C1CCC(c2cccc3ccccc23)CC1. The van der Waals surface area contributed by atoms with E-state index in [0.29, 0.717) is 5.92 Å². The molecule has 0 amide bonds. The molecule has 0 nitrogen and oxygen atoms in total. The van der Waals surface area contributed by atoms with Crippen LogP contribution in [-0.4, -0.2) is 0 Å². The standard InChI is InChI=1S/C17H19/c1-13-9-11-15(12-10-13)17-8-4-6-14-5-2-3-7-16(14)17/h2-8,13,15H,1,9-12H2. The van der Waals surface area contributed by atoms with Crippen molar-refractivity contribution in [3.05, 3.63) is 55.0 Å². The number of hydrogen-bond donors (Lipinski definition) is 0. The molecule has 1 radical (unpaired) electrons. The van der Waals surface area contributed by atoms with Gasteiger partial charge in [-0.25, -0.2) is 0 Å². The molecule has 0 N–H and O–H groups in total. The Balaban J connectivity index is 2.00. The minimum Gasteiger partial charge on any atom is -0.0616 e. The first-order chi connectivity index (χ1) is 8.34. The lowest BCUT2D eigenvalue weighted by Gasteiger charge is -2.27. The monoisotopic (exact) mass is 223 g/mol. The summed E-state index contributed by atoms with van der Waals surface area (Å²) >= 11 is 0. The molecule has 1 aliphatic rings. The molecule has 1 fully saturated rings. The van der Waals surface area contributed by atoms with E-state index < -0.39 is 0 Å². The molecule has 17 heavy (non-hydrogen) atoms. The first-order valence-corrected chi connectivity index (χ1v) is 6.65. The van der Waals surface area contributed by atoms with Crippen molar-refractivity contribution >= 4 is 10.8 Å². The Morgan fingerprint density at radius 3 is 2.35 bits per heavy atom. The van der Waals surface area contributed by atoms with E-state index >= 15 is 0 Å². The van der Waals surface area contributed by atoms with Gasteiger partial charge < -0.3 is 0 Å². The molecule has 0 heteroatoms. The van der Waals surface area contributed by atoms with E-state index in [1.54, 1.807) is 5.56 Å². The summed E-state index contributed by atoms with van der Waals surface area (Å²) in [4.78, 5) is 0. The van der Waals surface area contributed by atoms with Crippen molar-refractivity contribution in [2.24, 2.45) is 5.92 Å². The van der Waals surface area contributed by atoms with Gasteiger partial charge in [-0.3, -0.25) is 0 Å². The van der Waals surface area contributed by atoms with Crippen LogP contribution in [0.1, 0.15) is 37.2 Å². The van der Waals surface area contributed by atoms with Crippen LogP contribution >= 0.6 is 0 Å². The molecule has 87 valence electrons. The average Bonchev–Trinajstić information content (AvgIpc) is 2.39. The summed E-state index contributed by atoms with van der Waals surface area (Å²) in [5, 5.41) is 2.82. The first kappa shape index (κ1) is 10.8. The average molecular weight is 223 g/mol. The molecule has 1 saturated carbocycles. The molecule has 3 rings (SSSR count). The van der Waals surface area contributed by atoms with Crippen molar-refractivity contribution < 1.29 is 0 Å². The lowest BCUT2D eigenvalue weighted by molar-refractivity contribution is 0.375. The molecule has 2 aromatic rings. The topological polar surface area (TPSA) is 0 Å². The third kappa shape index (κ3) is 2.09. The first-order valence-electron chi connectivity index (χ1n) is 6.65. The van der Waals surface area contributed by atoms with Crippen LogP contribution in [0.25, 0.3) is 10.8 Å². The van der Waals surface area contributed by atoms with Crippen molar-refractivity contribution in [1.82, 2.24) is 0 Å². The normalized spacial score (nSPS) is 25.0. The molecule has 0 unspecified atom stereocenters. The van der Waals surface area contributed by atoms with Gasteiger partial charge in [0, 0.05) is 0 Å². The smallest absolute Gasteiger partial charge is 0.0149 e. The summed E-state index contributed by atoms with van der Waals surface area (Å²) in [7, 11) is 0. The molecule has 0 aliphatic heterocycles. The zero-order chi connectivity index (χ0) is 11.7. The second-order valence-corrected chi connectivity index (χ2v) is 5.29. The minimum atomic E-state index is 0.682. The summed E-state index contributed by atoms with van der Waals surface area (Å²) in [5.74, 6) is 1.43. The second-order valence-electron chi connectivity index (χ2n) is 5.29. The van der Waals surface area contributed by atoms with Gasteiger partial charge in [-0.05, 0) is 53.9 Å². The third-order valence-corrected chi connectivity index (χ3v) is 4.11. The van der Waals surface area contributed by atoms with Gasteiger partial charge >= 0.3 is 0 Å². The molecule has 0 saturated heterocycles. The Morgan fingerprint density at radius 2 is 1.53 bits per heavy atom. The molecule has 0 spiro atoms. The molecular formula is C17H19. The highest BCUT2D eigenvalue weighted by molar-refractivity contribution is 5.86. The summed E-state index contributed by atoms with van der Waals surface area (Å²) in [6, 6.07) is 15.5. The van der Waals surface area contributed by atoms with E-state index in [4.69, 9.17) is 0 Å². The zero-order valence-corrected chi connectivity index (χ0v) is 10.2. The predicted octanol–water partition coefficient (Wildman–Crippen LogP) is 4.95. The van der Waals surface area contributed by atoms with Crippen LogP contribution in [0.4, 0.5) is 0 Å². The molecule has 0 heterocycles. The molecular weight excluding hydrogens is 204 g/mol. The maximum atomic E-state index is 4.19. The van der Waals surface area contributed by atoms with E-state index in [2.05, 4.69) is 49.4 Å². The van der Waals surface area contributed by atoms with Gasteiger partial charge in [0.2, 0.25) is 0 Å². The Hall–Kier alpha value is -1.30. The largest absolute Gasteiger partial charge is 0.0616 e. The van der Waals surface area contributed by atoms with E-state index in [1.165, 1.54) is 36.5 Å². The molecule has 2 aromatic carbocycles. The minimum absolute atomic E-state index is 0.682. The van der Waals surface area contributed by atoms with Crippen LogP contribution in [-0.2, 0) is 0 Å². The maximum absolute atomic E-state index is 4.19. The Kier molecular flexibility index (Phi) is 2.88. The summed E-state index contributed by atoms with van der Waals surface area (Å²) < 4.78 is 0. The van der Waals surface area contributed by atoms with Crippen molar-refractivity contribution in [2.75, 3.05) is 0 Å². The zero-order valence-electron chi connectivity index (χ0n) is 10.2. The van der Waals surface area contributed by atoms with Gasteiger partial charge in [-0.2, -0.15) is 0 Å². The van der Waals surface area contributed by atoms with Gasteiger partial charge in [-0.1, -0.05) is 49.4 Å². The van der Waals surface area contributed by atoms with E-state index in [-0.39, 0.29) is 0 Å². The van der Waals surface area contributed by atoms with Crippen LogP contribution in [0.5, 0.6) is 0 Å². The van der Waals surface area contributed by atoms with Crippen molar-refractivity contribution in [3.63, 3.8) is 0 Å². The Bertz CT molecular complexity index is 499. The van der Waals surface area contributed by atoms with Crippen LogP contribution in [0, 0.1) is 12.8 Å². The summed E-state index contributed by atoms with van der Waals surface area (Å²) in [5.41, 5.74) is 1.55. The van der Waals surface area contributed by atoms with E-state index in [9.17, 15) is 0 Å². The Labute approximate surface area is 104 Å². The lowest BCUT2D eigenvalue weighted by Crippen LogP contribution is -2.11. The summed E-state index contributed by atoms with van der Waals surface area (Å²) in [6.45, 7) is 4.19. The number of hydrogen-bond acceptors (Lipinski definition) is 0. The van der Waals surface area contributed by atoms with Crippen LogP contribution in [0.15, 0.2) is 42.5 Å². The van der Waals surface area contributed by atoms with Crippen LogP contribution in [0.3, 0.4) is 0 Å². The number of benzene rings is 2. The van der Waals surface area contributed by atoms with Gasteiger partial charge in [0.1, 0.15) is 0 Å². The highest BCUT2D eigenvalue weighted by Gasteiger charge is 2.20. The van der Waals surface area contributed by atoms with Gasteiger partial charge in [0.15, 0.2) is 0 Å². The molecule has 0 bridgehead atoms. The lowest BCUT2D eigenvalue weighted by atomic mass is 9.78. The predicted molar refractivity (Wildman–Crippen MR) is 74.0 cm³/mol. The molecule has 0 atom stereocenters. The maximum Gasteiger partial charge on any atom is -0.0149 e. The van der Waals surface area contributed by atoms with Gasteiger partial charge in [0.25, 0.3) is 0 Å². The van der Waals surface area contributed by atoms with Crippen LogP contribution < -0.4 is 0 Å². The van der Waals surface area contributed by atoms with Crippen LogP contribution in [0.2, 0.25) is 0 Å². The van der Waals surface area contributed by atoms with E-state index in [1.807, 2.05) is 0 Å². The second kappa shape index (κ2) is 4.52. The van der Waals surface area contributed by atoms with Crippen molar-refractivity contribution in [3.8, 4) is 0 Å². The number of fused-ring (bicyclic) bond motifs is 1. The summed E-state index contributed by atoms with van der Waals surface area (Å²) in [6.07, 6.45) is 5.19. The van der Waals surface area contributed by atoms with Gasteiger partial charge in [-0.15, -0.1) is 0 Å². The fourth-order valence-corrected chi connectivity index (χ4v) is 3.08. The van der Waals surface area contributed by atoms with Crippen molar-refractivity contribution in [1.29, 1.82) is 0 Å². The van der Waals surface area contributed by atoms with Gasteiger partial charge in [0.05, 0.1) is 0 Å². The molecule has 1 aliphatic carbocycles. The quantitative estimate of drug-likeness (QED) is 0.642. The highest BCUT2D eigenvalue weighted by atomic mass is 14.3. The Morgan fingerprint density at radius 1 is 0.824 bits per heavy atom. The highest BCUT2D eigenvalue weighted by Crippen LogP contribution is 2.38. The molecule has 0 aromatic heterocycles. The van der Waals surface area contributed by atoms with E-state index in [0.717, 1.165) is 5.92 Å². The fraction of sp³-hybridized carbons (Fsp3) is 0.353. The fourth-order valence-electron chi connectivity index (χ4n) is 3.08.